The number of alkyl halides is 3. The van der Waals surface area contributed by atoms with Gasteiger partial charge in [0.25, 0.3) is 0 Å². The lowest BCUT2D eigenvalue weighted by Crippen LogP contribution is -2.56. The average molecular weight is 494 g/mol. The van der Waals surface area contributed by atoms with Crippen molar-refractivity contribution in [1.82, 2.24) is 4.31 Å². The maximum Gasteiger partial charge on any atom is 0.449 e. The molecule has 0 N–H and O–H groups in total. The number of nitrogens with zero attached hydrogens (tertiary/aromatic N) is 1. The fourth-order valence-electron chi connectivity index (χ4n) is 3.89. The van der Waals surface area contributed by atoms with Gasteiger partial charge in [0.2, 0.25) is 15.8 Å². The van der Waals surface area contributed by atoms with Crippen LogP contribution in [0.3, 0.4) is 0 Å². The number of halogens is 3. The van der Waals surface area contributed by atoms with E-state index < -0.39 is 56.1 Å². The van der Waals surface area contributed by atoms with Gasteiger partial charge in [0, 0.05) is 12.1 Å². The van der Waals surface area contributed by atoms with E-state index in [9.17, 15) is 13.2 Å². The van der Waals surface area contributed by atoms with E-state index in [1.54, 1.807) is 39.0 Å². The molecule has 0 saturated heterocycles. The summed E-state index contributed by atoms with van der Waals surface area (Å²) in [6.07, 6.45) is -4.21. The zero-order chi connectivity index (χ0) is 24.9. The van der Waals surface area contributed by atoms with E-state index in [1.807, 2.05) is 0 Å². The van der Waals surface area contributed by atoms with E-state index in [0.717, 1.165) is 24.5 Å². The van der Waals surface area contributed by atoms with Gasteiger partial charge in [-0.3, -0.25) is 0 Å². The number of benzene rings is 2. The number of hydrogen-bond donors (Lipinski definition) is 0. The van der Waals surface area contributed by atoms with Crippen LogP contribution in [0.2, 0.25) is 0 Å². The third-order valence-corrected chi connectivity index (χ3v) is 7.52. The van der Waals surface area contributed by atoms with Gasteiger partial charge in [-0.1, -0.05) is 57.2 Å². The molecule has 0 fully saturated rings. The van der Waals surface area contributed by atoms with Gasteiger partial charge in [-0.05, 0) is 40.8 Å². The van der Waals surface area contributed by atoms with Crippen LogP contribution in [0.1, 0.15) is 48.0 Å². The molecule has 34 heavy (non-hydrogen) atoms. The molecule has 0 amide bonds. The second-order valence-electron chi connectivity index (χ2n) is 8.97. The lowest BCUT2D eigenvalue weighted by Gasteiger charge is -2.38. The first-order valence-electron chi connectivity index (χ1n) is 10.3. The quantitative estimate of drug-likeness (QED) is 0.458. The first-order valence-corrected chi connectivity index (χ1v) is 11.8. The summed E-state index contributed by atoms with van der Waals surface area (Å²) in [6.45, 7) is 4.67. The Labute approximate surface area is 195 Å². The van der Waals surface area contributed by atoms with Crippen molar-refractivity contribution in [3.05, 3.63) is 89.4 Å². The van der Waals surface area contributed by atoms with Crippen molar-refractivity contribution in [2.75, 3.05) is 0 Å². The molecule has 10 heteroatoms. The van der Waals surface area contributed by atoms with E-state index in [4.69, 9.17) is 9.15 Å². The number of furan rings is 1. The maximum atomic E-state index is 15.0. The van der Waals surface area contributed by atoms with Crippen molar-refractivity contribution in [2.45, 2.75) is 49.5 Å². The number of sulfonamides is 1. The third-order valence-electron chi connectivity index (χ3n) is 5.65. The second kappa shape index (κ2) is 7.99. The molecule has 0 radical (unpaired) electrons. The number of carbonyl (C=O) groups is 1. The second-order valence-corrected chi connectivity index (χ2v) is 10.8. The van der Waals surface area contributed by atoms with Crippen LogP contribution in [0.5, 0.6) is 0 Å². The Balaban J connectivity index is 2.01. The summed E-state index contributed by atoms with van der Waals surface area (Å²) in [7, 11) is -4.71. The zero-order valence-electron chi connectivity index (χ0n) is 18.6. The minimum absolute atomic E-state index is 0.202. The van der Waals surface area contributed by atoms with Crippen LogP contribution in [0, 0.1) is 0 Å². The summed E-state index contributed by atoms with van der Waals surface area (Å²) in [5, 5.41) is 0. The van der Waals surface area contributed by atoms with Crippen LogP contribution >= 0.6 is 0 Å². The minimum atomic E-state index is -5.32. The van der Waals surface area contributed by atoms with E-state index in [2.05, 4.69) is 0 Å². The number of esters is 1. The Hall–Kier alpha value is -3.11. The van der Waals surface area contributed by atoms with Gasteiger partial charge >= 0.3 is 17.9 Å². The zero-order valence-corrected chi connectivity index (χ0v) is 19.4. The van der Waals surface area contributed by atoms with Crippen molar-refractivity contribution in [1.29, 1.82) is 0 Å². The molecule has 0 aliphatic carbocycles. The molecular formula is C24H22F3NO5S. The van der Waals surface area contributed by atoms with E-state index in [1.165, 1.54) is 24.3 Å². The van der Waals surface area contributed by atoms with Gasteiger partial charge in [-0.25, -0.2) is 13.2 Å². The first kappa shape index (κ1) is 24.0. The largest absolute Gasteiger partial charge is 0.457 e. The summed E-state index contributed by atoms with van der Waals surface area (Å²) >= 11 is 0. The van der Waals surface area contributed by atoms with E-state index in [0.29, 0.717) is 5.56 Å². The number of carbonyl (C=O) groups excluding carboxylic acids is 1. The van der Waals surface area contributed by atoms with Gasteiger partial charge in [0.1, 0.15) is 0 Å². The van der Waals surface area contributed by atoms with Gasteiger partial charge in [0.15, 0.2) is 0 Å². The molecule has 1 atom stereocenters. The SMILES string of the molecule is CC(C)(C)c1ccc2c(c1)[C@@](OC(=O)c1ccco1)(C(F)(F)F)N(Cc1ccccc1)S2(=O)=O. The van der Waals surface area contributed by atoms with Crippen molar-refractivity contribution in [3.8, 4) is 0 Å². The summed E-state index contributed by atoms with van der Waals surface area (Å²) in [4.78, 5) is 12.2. The smallest absolute Gasteiger partial charge is 0.449 e. The summed E-state index contributed by atoms with van der Waals surface area (Å²) in [5.74, 6) is -1.93. The standard InChI is InChI=1S/C24H22F3NO5S/c1-22(2,3)17-11-12-20-18(14-17)23(24(25,26)27,33-21(29)19-10-7-13-32-19)28(34(20,30)31)15-16-8-5-4-6-9-16/h4-14H,15H2,1-3H3/t23-/m1/s1. The molecule has 1 aliphatic rings. The van der Waals surface area contributed by atoms with E-state index >= 15 is 13.2 Å². The predicted octanol–water partition coefficient (Wildman–Crippen LogP) is 5.35. The lowest BCUT2D eigenvalue weighted by atomic mass is 9.84. The van der Waals surface area contributed by atoms with Crippen LogP contribution in [-0.4, -0.2) is 24.9 Å². The average Bonchev–Trinajstić information content (AvgIpc) is 3.35. The highest BCUT2D eigenvalue weighted by atomic mass is 32.2. The van der Waals surface area contributed by atoms with E-state index in [-0.39, 0.29) is 9.87 Å². The third kappa shape index (κ3) is 3.80. The lowest BCUT2D eigenvalue weighted by molar-refractivity contribution is -0.304. The Bertz CT molecular complexity index is 1310. The molecule has 180 valence electrons. The molecule has 3 aromatic rings. The Kier molecular flexibility index (Phi) is 5.64. The molecule has 6 nitrogen and oxygen atoms in total. The molecule has 2 heterocycles. The molecule has 0 unspecified atom stereocenters. The molecule has 1 aromatic heterocycles. The molecule has 2 aromatic carbocycles. The monoisotopic (exact) mass is 493 g/mol. The number of ether oxygens (including phenoxy) is 1. The van der Waals surface area contributed by atoms with Crippen LogP contribution in [0.4, 0.5) is 13.2 Å². The number of fused-ring (bicyclic) bond motifs is 1. The highest BCUT2D eigenvalue weighted by molar-refractivity contribution is 7.89. The maximum absolute atomic E-state index is 15.0. The Morgan fingerprint density at radius 1 is 1.03 bits per heavy atom. The highest BCUT2D eigenvalue weighted by Crippen LogP contribution is 2.55. The summed E-state index contributed by atoms with van der Waals surface area (Å²) in [6, 6.07) is 14.0. The fourth-order valence-corrected chi connectivity index (χ4v) is 5.74. The minimum Gasteiger partial charge on any atom is -0.457 e. The number of hydrogen-bond acceptors (Lipinski definition) is 5. The predicted molar refractivity (Wildman–Crippen MR) is 116 cm³/mol. The molecule has 0 bridgehead atoms. The molecule has 1 aliphatic heterocycles. The summed E-state index contributed by atoms with van der Waals surface area (Å²) in [5.41, 5.74) is -4.12. The van der Waals surface area contributed by atoms with Crippen molar-refractivity contribution in [2.24, 2.45) is 0 Å². The fraction of sp³-hybridized carbons (Fsp3) is 0.292. The molecular weight excluding hydrogens is 471 g/mol. The normalized spacial score (nSPS) is 20.2. The van der Waals surface area contributed by atoms with Crippen LogP contribution in [0.15, 0.2) is 76.2 Å². The molecule has 0 saturated carbocycles. The topological polar surface area (TPSA) is 76.8 Å². The highest BCUT2D eigenvalue weighted by Gasteiger charge is 2.72. The van der Waals surface area contributed by atoms with Crippen LogP contribution in [-0.2, 0) is 32.4 Å². The van der Waals surface area contributed by atoms with Gasteiger partial charge < -0.3 is 9.15 Å². The Morgan fingerprint density at radius 3 is 2.26 bits per heavy atom. The van der Waals surface area contributed by atoms with Gasteiger partial charge in [0.05, 0.1) is 11.2 Å². The Morgan fingerprint density at radius 2 is 1.71 bits per heavy atom. The van der Waals surface area contributed by atoms with Crippen molar-refractivity contribution in [3.63, 3.8) is 0 Å². The molecule has 4 rings (SSSR count). The van der Waals surface area contributed by atoms with Crippen LogP contribution < -0.4 is 0 Å². The molecule has 0 spiro atoms. The summed E-state index contributed by atoms with van der Waals surface area (Å²) < 4.78 is 82.2. The van der Waals surface area contributed by atoms with Gasteiger partial charge in [-0.2, -0.15) is 13.2 Å². The first-order chi connectivity index (χ1) is 15.8. The van der Waals surface area contributed by atoms with Crippen molar-refractivity contribution >= 4 is 16.0 Å². The van der Waals surface area contributed by atoms with Crippen LogP contribution in [0.25, 0.3) is 0 Å². The van der Waals surface area contributed by atoms with Gasteiger partial charge in [-0.15, -0.1) is 4.31 Å². The number of rotatable bonds is 4. The van der Waals surface area contributed by atoms with Crippen molar-refractivity contribution < 1.29 is 35.5 Å².